The summed E-state index contributed by atoms with van der Waals surface area (Å²) in [6.07, 6.45) is 7.20. The molecule has 0 saturated heterocycles. The van der Waals surface area contributed by atoms with Crippen LogP contribution in [0.3, 0.4) is 0 Å². The number of carbonyl (C=O) groups is 1. The van der Waals surface area contributed by atoms with Crippen LogP contribution in [0.25, 0.3) is 0 Å². The minimum absolute atomic E-state index is 0.0901. The molecule has 0 unspecified atom stereocenters. The number of amides is 1. The topological polar surface area (TPSA) is 49.3 Å². The molecule has 2 aromatic carbocycles. The second-order valence-electron chi connectivity index (χ2n) is 9.47. The van der Waals surface area contributed by atoms with E-state index in [1.54, 1.807) is 11.8 Å². The van der Waals surface area contributed by atoms with Gasteiger partial charge < -0.3 is 9.80 Å². The van der Waals surface area contributed by atoms with Crippen LogP contribution >= 0.6 is 23.4 Å². The molecular formula is C28H31ClN4OS. The van der Waals surface area contributed by atoms with Gasteiger partial charge >= 0.3 is 0 Å². The van der Waals surface area contributed by atoms with Crippen LogP contribution in [-0.2, 0) is 18.7 Å². The number of nitrogens with zero attached hydrogens (tertiary/aromatic N) is 4. The number of hydrogen-bond donors (Lipinski definition) is 0. The molecule has 2 aliphatic rings. The van der Waals surface area contributed by atoms with Gasteiger partial charge in [-0.2, -0.15) is 0 Å². The van der Waals surface area contributed by atoms with Crippen LogP contribution in [0.15, 0.2) is 59.8 Å². The van der Waals surface area contributed by atoms with E-state index in [0.717, 1.165) is 35.7 Å². The van der Waals surface area contributed by atoms with Gasteiger partial charge in [-0.3, -0.25) is 4.79 Å². The van der Waals surface area contributed by atoms with E-state index in [0.29, 0.717) is 22.9 Å². The maximum Gasteiger partial charge on any atom is 0.254 e. The fourth-order valence-corrected chi connectivity index (χ4v) is 6.07. The zero-order valence-electron chi connectivity index (χ0n) is 20.1. The molecule has 1 aliphatic heterocycles. The van der Waals surface area contributed by atoms with Crippen LogP contribution in [0.4, 0.5) is 5.82 Å². The van der Waals surface area contributed by atoms with Crippen molar-refractivity contribution < 1.29 is 4.79 Å². The van der Waals surface area contributed by atoms with Crippen molar-refractivity contribution >= 4 is 35.1 Å². The lowest BCUT2D eigenvalue weighted by Gasteiger charge is -2.32. The van der Waals surface area contributed by atoms with Crippen molar-refractivity contribution in [3.8, 4) is 0 Å². The molecule has 5 rings (SSSR count). The first kappa shape index (κ1) is 24.1. The van der Waals surface area contributed by atoms with E-state index in [2.05, 4.69) is 35.1 Å². The van der Waals surface area contributed by atoms with Crippen LogP contribution in [0.2, 0.25) is 5.15 Å². The predicted molar refractivity (Wildman–Crippen MR) is 143 cm³/mol. The fraction of sp³-hybridized carbons (Fsp3) is 0.393. The number of anilines is 1. The molecule has 0 N–H and O–H groups in total. The number of rotatable bonds is 6. The van der Waals surface area contributed by atoms with E-state index in [4.69, 9.17) is 16.6 Å². The van der Waals surface area contributed by atoms with Crippen molar-refractivity contribution in [1.29, 1.82) is 0 Å². The summed E-state index contributed by atoms with van der Waals surface area (Å²) in [5.74, 6) is 1.70. The van der Waals surface area contributed by atoms with E-state index in [9.17, 15) is 4.79 Å². The molecule has 182 valence electrons. The average molecular weight is 507 g/mol. The minimum atomic E-state index is 0.0901. The molecule has 1 fully saturated rings. The van der Waals surface area contributed by atoms with Crippen molar-refractivity contribution in [2.24, 2.45) is 0 Å². The highest BCUT2D eigenvalue weighted by Gasteiger charge is 2.22. The Bertz CT molecular complexity index is 1180. The lowest BCUT2D eigenvalue weighted by molar-refractivity contribution is 0.0734. The van der Waals surface area contributed by atoms with Gasteiger partial charge in [0.2, 0.25) is 0 Å². The lowest BCUT2D eigenvalue weighted by atomic mass is 9.94. The van der Waals surface area contributed by atoms with Crippen LogP contribution in [0.5, 0.6) is 0 Å². The summed E-state index contributed by atoms with van der Waals surface area (Å²) in [6.45, 7) is 1.44. The minimum Gasteiger partial charge on any atom is -0.357 e. The van der Waals surface area contributed by atoms with E-state index in [-0.39, 0.29) is 5.91 Å². The van der Waals surface area contributed by atoms with Crippen LogP contribution in [0, 0.1) is 0 Å². The molecule has 5 nitrogen and oxygen atoms in total. The van der Waals surface area contributed by atoms with Gasteiger partial charge in [0, 0.05) is 43.6 Å². The highest BCUT2D eigenvalue weighted by atomic mass is 35.5. The Morgan fingerprint density at radius 1 is 1.06 bits per heavy atom. The summed E-state index contributed by atoms with van der Waals surface area (Å²) in [4.78, 5) is 26.5. The molecule has 2 heterocycles. The van der Waals surface area contributed by atoms with E-state index >= 15 is 0 Å². The van der Waals surface area contributed by atoms with Crippen molar-refractivity contribution in [1.82, 2.24) is 14.9 Å². The summed E-state index contributed by atoms with van der Waals surface area (Å²) in [6, 6.07) is 18.7. The largest absolute Gasteiger partial charge is 0.357 e. The van der Waals surface area contributed by atoms with Crippen LogP contribution in [-0.4, -0.2) is 40.4 Å². The molecule has 0 bridgehead atoms. The van der Waals surface area contributed by atoms with Gasteiger partial charge in [0.25, 0.3) is 5.91 Å². The maximum absolute atomic E-state index is 13.1. The standard InChI is InChI=1S/C28H31ClN4OS/c1-32(24-9-3-2-4-10-24)26-17-25(29)30-28(31-26)35-19-20-11-13-22(14-12-20)27(34)33-16-15-21-7-5-6-8-23(21)18-33/h5-8,11-14,17,24H,2-4,9-10,15-16,18-19H2,1H3. The third-order valence-corrected chi connectivity index (χ3v) is 8.24. The van der Waals surface area contributed by atoms with Crippen molar-refractivity contribution in [3.63, 3.8) is 0 Å². The molecule has 0 spiro atoms. The van der Waals surface area contributed by atoms with Gasteiger partial charge in [0.1, 0.15) is 11.0 Å². The summed E-state index contributed by atoms with van der Waals surface area (Å²) >= 11 is 7.91. The average Bonchev–Trinajstić information content (AvgIpc) is 2.91. The predicted octanol–water partition coefficient (Wildman–Crippen LogP) is 6.39. The fourth-order valence-electron chi connectivity index (χ4n) is 5.03. The summed E-state index contributed by atoms with van der Waals surface area (Å²) in [5.41, 5.74) is 4.45. The molecular weight excluding hydrogens is 476 g/mol. The van der Waals surface area contributed by atoms with Gasteiger partial charge in [0.05, 0.1) is 0 Å². The van der Waals surface area contributed by atoms with Crippen LogP contribution in [0.1, 0.15) is 59.2 Å². The second-order valence-corrected chi connectivity index (χ2v) is 10.8. The highest BCUT2D eigenvalue weighted by Crippen LogP contribution is 2.29. The van der Waals surface area contributed by atoms with Gasteiger partial charge in [-0.1, -0.05) is 79.0 Å². The SMILES string of the molecule is CN(c1cc(Cl)nc(SCc2ccc(C(=O)N3CCc4ccccc4C3)cc2)n1)C1CCCCC1. The Kier molecular flexibility index (Phi) is 7.59. The number of carbonyl (C=O) groups excluding carboxylic acids is 1. The quantitative estimate of drug-likeness (QED) is 0.220. The highest BCUT2D eigenvalue weighted by molar-refractivity contribution is 7.98. The molecule has 0 atom stereocenters. The number of fused-ring (bicyclic) bond motifs is 1. The zero-order valence-corrected chi connectivity index (χ0v) is 21.7. The first-order valence-electron chi connectivity index (χ1n) is 12.4. The van der Waals surface area contributed by atoms with E-state index in [1.165, 1.54) is 43.2 Å². The maximum atomic E-state index is 13.1. The Morgan fingerprint density at radius 3 is 2.57 bits per heavy atom. The van der Waals surface area contributed by atoms with Gasteiger partial charge in [0.15, 0.2) is 5.16 Å². The summed E-state index contributed by atoms with van der Waals surface area (Å²) < 4.78 is 0. The normalized spacial score (nSPS) is 16.1. The summed E-state index contributed by atoms with van der Waals surface area (Å²) in [7, 11) is 2.11. The Balaban J connectivity index is 1.20. The van der Waals surface area contributed by atoms with E-state index in [1.807, 2.05) is 41.3 Å². The number of aromatic nitrogens is 2. The molecule has 0 radical (unpaired) electrons. The van der Waals surface area contributed by atoms with E-state index < -0.39 is 0 Å². The van der Waals surface area contributed by atoms with Crippen molar-refractivity contribution in [2.45, 2.75) is 62.0 Å². The summed E-state index contributed by atoms with van der Waals surface area (Å²) in [5, 5.41) is 1.16. The molecule has 1 aromatic heterocycles. The molecule has 7 heteroatoms. The molecule has 1 amide bonds. The number of benzene rings is 2. The number of halogens is 1. The Labute approximate surface area is 216 Å². The third kappa shape index (κ3) is 5.81. The van der Waals surface area contributed by atoms with Gasteiger partial charge in [-0.15, -0.1) is 0 Å². The lowest BCUT2D eigenvalue weighted by Crippen LogP contribution is -2.35. The molecule has 1 aliphatic carbocycles. The third-order valence-electron chi connectivity index (χ3n) is 7.13. The zero-order chi connectivity index (χ0) is 24.2. The van der Waals surface area contributed by atoms with Crippen molar-refractivity contribution in [3.05, 3.63) is 82.0 Å². The smallest absolute Gasteiger partial charge is 0.254 e. The van der Waals surface area contributed by atoms with Gasteiger partial charge in [-0.05, 0) is 48.1 Å². The molecule has 35 heavy (non-hydrogen) atoms. The second kappa shape index (κ2) is 11.0. The first-order valence-corrected chi connectivity index (χ1v) is 13.8. The van der Waals surface area contributed by atoms with Gasteiger partial charge in [-0.25, -0.2) is 9.97 Å². The number of hydrogen-bond acceptors (Lipinski definition) is 5. The van der Waals surface area contributed by atoms with Crippen LogP contribution < -0.4 is 4.90 Å². The Morgan fingerprint density at radius 2 is 1.80 bits per heavy atom. The number of thioether (sulfide) groups is 1. The molecule has 3 aromatic rings. The van der Waals surface area contributed by atoms with Crippen molar-refractivity contribution in [2.75, 3.05) is 18.5 Å². The Hall–Kier alpha value is -2.57. The monoisotopic (exact) mass is 506 g/mol. The first-order chi connectivity index (χ1) is 17.1. The molecule has 1 saturated carbocycles.